The molecule has 0 N–H and O–H groups in total. The minimum Gasteiger partial charge on any atom is -0.492 e. The van der Waals surface area contributed by atoms with E-state index in [1.807, 2.05) is 43.3 Å². The van der Waals surface area contributed by atoms with Gasteiger partial charge in [-0.3, -0.25) is 9.78 Å². The second-order valence-electron chi connectivity index (χ2n) is 11.0. The molecule has 0 saturated carbocycles. The van der Waals surface area contributed by atoms with Crippen molar-refractivity contribution in [1.29, 1.82) is 5.26 Å². The van der Waals surface area contributed by atoms with Gasteiger partial charge in [0.1, 0.15) is 36.5 Å². The molecule has 1 aromatic heterocycles. The number of aldehydes is 1. The summed E-state index contributed by atoms with van der Waals surface area (Å²) in [6.45, 7) is 5.18. The molecule has 1 aliphatic rings. The lowest BCUT2D eigenvalue weighted by Gasteiger charge is -2.29. The van der Waals surface area contributed by atoms with E-state index in [2.05, 4.69) is 23.0 Å². The van der Waals surface area contributed by atoms with Crippen LogP contribution >= 0.6 is 23.2 Å². The average Bonchev–Trinajstić information content (AvgIpc) is 3.03. The van der Waals surface area contributed by atoms with Gasteiger partial charge in [0, 0.05) is 42.0 Å². The number of nitriles is 1. The second-order valence-corrected chi connectivity index (χ2v) is 11.8. The van der Waals surface area contributed by atoms with Gasteiger partial charge in [0.05, 0.1) is 27.8 Å². The summed E-state index contributed by atoms with van der Waals surface area (Å²) in [5.41, 5.74) is 5.25. The Hall–Kier alpha value is -4.09. The van der Waals surface area contributed by atoms with Crippen LogP contribution in [0.25, 0.3) is 11.1 Å². The zero-order valence-corrected chi connectivity index (χ0v) is 26.2. The molecule has 1 atom stereocenters. The first-order chi connectivity index (χ1) is 21.4. The number of hydrogen-bond donors (Lipinski definition) is 0. The molecule has 5 rings (SSSR count). The van der Waals surface area contributed by atoms with Gasteiger partial charge in [0.2, 0.25) is 0 Å². The van der Waals surface area contributed by atoms with Crippen LogP contribution in [0.1, 0.15) is 45.5 Å². The summed E-state index contributed by atoms with van der Waals surface area (Å²) in [4.78, 5) is 18.1. The molecule has 1 saturated heterocycles. The molecule has 1 unspecified atom stereocenters. The van der Waals surface area contributed by atoms with Gasteiger partial charge < -0.3 is 19.1 Å². The maximum Gasteiger partial charge on any atom is 0.153 e. The summed E-state index contributed by atoms with van der Waals surface area (Å²) in [7, 11) is 2.15. The molecular weight excluding hydrogens is 597 g/mol. The van der Waals surface area contributed by atoms with Gasteiger partial charge in [-0.1, -0.05) is 53.5 Å². The van der Waals surface area contributed by atoms with Gasteiger partial charge in [-0.15, -0.1) is 0 Å². The number of ether oxygens (including phenoxy) is 3. The fraction of sp³-hybridized carbons (Fsp3) is 0.286. The van der Waals surface area contributed by atoms with Crippen LogP contribution in [-0.2, 0) is 13.2 Å². The second kappa shape index (κ2) is 14.6. The molecule has 0 amide bonds. The van der Waals surface area contributed by atoms with E-state index in [1.165, 1.54) is 18.7 Å². The van der Waals surface area contributed by atoms with Crippen LogP contribution in [0.2, 0.25) is 10.0 Å². The van der Waals surface area contributed by atoms with E-state index >= 15 is 0 Å². The summed E-state index contributed by atoms with van der Waals surface area (Å²) in [5, 5.41) is 10.0. The molecule has 0 spiro atoms. The molecule has 7 nitrogen and oxygen atoms in total. The van der Waals surface area contributed by atoms with E-state index in [9.17, 15) is 4.79 Å². The Bertz CT molecular complexity index is 1690. The van der Waals surface area contributed by atoms with Crippen LogP contribution in [-0.4, -0.2) is 42.9 Å². The topological polar surface area (TPSA) is 84.7 Å². The third-order valence-electron chi connectivity index (χ3n) is 7.79. The Morgan fingerprint density at radius 3 is 2.59 bits per heavy atom. The van der Waals surface area contributed by atoms with E-state index in [-0.39, 0.29) is 18.8 Å². The summed E-state index contributed by atoms with van der Waals surface area (Å²) in [5.74, 6) is 1.86. The van der Waals surface area contributed by atoms with Crippen LogP contribution in [0.15, 0.2) is 67.0 Å². The van der Waals surface area contributed by atoms with Crippen molar-refractivity contribution in [3.05, 3.63) is 105 Å². The maximum absolute atomic E-state index is 11.7. The van der Waals surface area contributed by atoms with E-state index < -0.39 is 0 Å². The normalized spacial score (nSPS) is 14.9. The van der Waals surface area contributed by atoms with Gasteiger partial charge in [0.25, 0.3) is 0 Å². The quantitative estimate of drug-likeness (QED) is 0.156. The molecule has 3 aromatic carbocycles. The highest BCUT2D eigenvalue weighted by molar-refractivity contribution is 6.35. The van der Waals surface area contributed by atoms with Gasteiger partial charge >= 0.3 is 0 Å². The predicted molar refractivity (Wildman–Crippen MR) is 172 cm³/mol. The summed E-state index contributed by atoms with van der Waals surface area (Å²) in [6, 6.07) is 18.7. The molecule has 0 aliphatic carbocycles. The number of hydrogen-bond acceptors (Lipinski definition) is 7. The van der Waals surface area contributed by atoms with Crippen LogP contribution < -0.4 is 14.2 Å². The third-order valence-corrected chi connectivity index (χ3v) is 8.47. The highest BCUT2D eigenvalue weighted by Gasteiger charge is 2.20. The monoisotopic (exact) mass is 629 g/mol. The van der Waals surface area contributed by atoms with Crippen molar-refractivity contribution in [2.75, 3.05) is 26.7 Å². The molecule has 0 bridgehead atoms. The summed E-state index contributed by atoms with van der Waals surface area (Å²) >= 11 is 13.4. The van der Waals surface area contributed by atoms with Crippen LogP contribution in [0.5, 0.6) is 17.2 Å². The van der Waals surface area contributed by atoms with E-state index in [0.717, 1.165) is 41.8 Å². The number of benzene rings is 3. The van der Waals surface area contributed by atoms with Crippen LogP contribution in [0.4, 0.5) is 0 Å². The zero-order chi connectivity index (χ0) is 31.1. The number of aromatic nitrogens is 1. The first kappa shape index (κ1) is 31.3. The predicted octanol–water partition coefficient (Wildman–Crippen LogP) is 7.93. The van der Waals surface area contributed by atoms with Crippen molar-refractivity contribution in [3.63, 3.8) is 0 Å². The first-order valence-electron chi connectivity index (χ1n) is 14.4. The molecule has 1 fully saturated rings. The smallest absolute Gasteiger partial charge is 0.153 e. The van der Waals surface area contributed by atoms with E-state index in [4.69, 9.17) is 42.7 Å². The van der Waals surface area contributed by atoms with Crippen molar-refractivity contribution < 1.29 is 19.0 Å². The standard InChI is InChI=1S/C35H33Cl2N3O4/c1-23-27(7-3-8-29(23)30-9-4-10-32(35(30)37)42-20-24-6-5-11-40(2)18-24)22-44-34-14-33(28(19-41)13-31(34)36)43-21-26-12-25(15-38)16-39-17-26/h3-4,7-10,12-14,16-17,19,24H,5-6,11,18,20-22H2,1-2H3. The van der Waals surface area contributed by atoms with Crippen molar-refractivity contribution in [3.8, 4) is 34.4 Å². The number of nitrogens with zero attached hydrogens (tertiary/aromatic N) is 3. The average molecular weight is 631 g/mol. The zero-order valence-electron chi connectivity index (χ0n) is 24.7. The Morgan fingerprint density at radius 2 is 1.80 bits per heavy atom. The number of rotatable bonds is 11. The highest BCUT2D eigenvalue weighted by Crippen LogP contribution is 2.39. The van der Waals surface area contributed by atoms with E-state index in [0.29, 0.717) is 57.2 Å². The third kappa shape index (κ3) is 7.51. The number of carbonyl (C=O) groups excluding carboxylic acids is 1. The Labute approximate surface area is 267 Å². The Kier molecular flexibility index (Phi) is 10.4. The lowest BCUT2D eigenvalue weighted by Crippen LogP contribution is -2.34. The van der Waals surface area contributed by atoms with Gasteiger partial charge in [0.15, 0.2) is 6.29 Å². The molecule has 4 aromatic rings. The Morgan fingerprint density at radius 1 is 1.00 bits per heavy atom. The van der Waals surface area contributed by atoms with Crippen molar-refractivity contribution in [1.82, 2.24) is 9.88 Å². The molecule has 2 heterocycles. The number of halogens is 2. The van der Waals surface area contributed by atoms with Crippen molar-refractivity contribution >= 4 is 29.5 Å². The van der Waals surface area contributed by atoms with Crippen LogP contribution in [0.3, 0.4) is 0 Å². The molecule has 44 heavy (non-hydrogen) atoms. The SMILES string of the molecule is Cc1c(COc2cc(OCc3cncc(C#N)c3)c(C=O)cc2Cl)cccc1-c1cccc(OCC2CCCN(C)C2)c1Cl. The maximum atomic E-state index is 11.7. The first-order valence-corrected chi connectivity index (χ1v) is 15.2. The van der Waals surface area contributed by atoms with E-state index in [1.54, 1.807) is 18.3 Å². The Balaban J connectivity index is 1.31. The molecule has 0 radical (unpaired) electrons. The van der Waals surface area contributed by atoms with Crippen molar-refractivity contribution in [2.45, 2.75) is 33.0 Å². The van der Waals surface area contributed by atoms with Gasteiger partial charge in [-0.25, -0.2) is 0 Å². The highest BCUT2D eigenvalue weighted by atomic mass is 35.5. The number of likely N-dealkylation sites (tertiary alicyclic amines) is 1. The molecule has 226 valence electrons. The number of piperidine rings is 1. The lowest BCUT2D eigenvalue weighted by molar-refractivity contribution is 0.111. The van der Waals surface area contributed by atoms with Crippen LogP contribution in [0, 0.1) is 24.2 Å². The lowest BCUT2D eigenvalue weighted by atomic mass is 9.96. The minimum atomic E-state index is 0.118. The summed E-state index contributed by atoms with van der Waals surface area (Å²) < 4.78 is 18.3. The largest absolute Gasteiger partial charge is 0.492 e. The number of carbonyl (C=O) groups is 1. The fourth-order valence-corrected chi connectivity index (χ4v) is 5.91. The van der Waals surface area contributed by atoms with Crippen molar-refractivity contribution in [2.24, 2.45) is 5.92 Å². The minimum absolute atomic E-state index is 0.118. The van der Waals surface area contributed by atoms with Gasteiger partial charge in [-0.2, -0.15) is 5.26 Å². The molecular formula is C35H33Cl2N3O4. The van der Waals surface area contributed by atoms with Gasteiger partial charge in [-0.05, 0) is 68.2 Å². The summed E-state index contributed by atoms with van der Waals surface area (Å²) in [6.07, 6.45) is 6.10. The number of pyridine rings is 1. The molecule has 9 heteroatoms. The molecule has 1 aliphatic heterocycles. The fourth-order valence-electron chi connectivity index (χ4n) is 5.40.